The molecule has 0 atom stereocenters. The number of carboxylic acid groups (broad SMARTS) is 1. The second-order valence-electron chi connectivity index (χ2n) is 7.21. The van der Waals surface area contributed by atoms with Crippen molar-refractivity contribution < 1.29 is 27.9 Å². The van der Waals surface area contributed by atoms with Gasteiger partial charge in [0.2, 0.25) is 0 Å². The molecule has 0 aromatic carbocycles. The summed E-state index contributed by atoms with van der Waals surface area (Å²) in [4.78, 5) is 34.6. The van der Waals surface area contributed by atoms with Crippen LogP contribution in [0.4, 0.5) is 23.8 Å². The van der Waals surface area contributed by atoms with Crippen molar-refractivity contribution in [3.63, 3.8) is 0 Å². The number of pyridine rings is 1. The summed E-state index contributed by atoms with van der Waals surface area (Å²) >= 11 is 1.67. The van der Waals surface area contributed by atoms with Crippen LogP contribution in [0, 0.1) is 6.92 Å². The van der Waals surface area contributed by atoms with Crippen LogP contribution in [0.1, 0.15) is 29.1 Å². The number of carbonyl (C=O) groups is 2. The maximum absolute atomic E-state index is 12.4. The van der Waals surface area contributed by atoms with Crippen molar-refractivity contribution in [3.8, 4) is 0 Å². The number of aryl methyl sites for hydroxylation is 1. The summed E-state index contributed by atoms with van der Waals surface area (Å²) in [6, 6.07) is 4.42. The van der Waals surface area contributed by atoms with Crippen LogP contribution < -0.4 is 10.2 Å². The van der Waals surface area contributed by atoms with Gasteiger partial charge in [-0.2, -0.15) is 13.2 Å². The highest BCUT2D eigenvalue weighted by Gasteiger charge is 2.38. The van der Waals surface area contributed by atoms with E-state index in [-0.39, 0.29) is 6.03 Å². The number of hydrogen-bond acceptors (Lipinski definition) is 6. The lowest BCUT2D eigenvalue weighted by molar-refractivity contribution is -0.192. The second-order valence-corrected chi connectivity index (χ2v) is 8.28. The Morgan fingerprint density at radius 2 is 2.03 bits per heavy atom. The second kappa shape index (κ2) is 9.50. The van der Waals surface area contributed by atoms with E-state index in [2.05, 4.69) is 31.6 Å². The Hall–Kier alpha value is -2.89. The third-order valence-electron chi connectivity index (χ3n) is 4.62. The Bertz CT molecular complexity index is 933. The average Bonchev–Trinajstić information content (AvgIpc) is 3.45. The third kappa shape index (κ3) is 6.54. The van der Waals surface area contributed by atoms with Gasteiger partial charge in [-0.25, -0.2) is 19.6 Å². The molecule has 168 valence electrons. The van der Waals surface area contributed by atoms with E-state index in [0.29, 0.717) is 19.1 Å². The summed E-state index contributed by atoms with van der Waals surface area (Å²) in [5.41, 5.74) is 2.15. The fraction of sp³-hybridized carbons (Fsp3) is 0.474. The fourth-order valence-electron chi connectivity index (χ4n) is 2.97. The molecule has 0 spiro atoms. The van der Waals surface area contributed by atoms with Gasteiger partial charge in [-0.15, -0.1) is 11.3 Å². The van der Waals surface area contributed by atoms with Crippen molar-refractivity contribution >= 4 is 29.2 Å². The molecule has 12 heteroatoms. The van der Waals surface area contributed by atoms with Crippen LogP contribution in [0.15, 0.2) is 23.7 Å². The lowest BCUT2D eigenvalue weighted by Gasteiger charge is -2.23. The first-order valence-corrected chi connectivity index (χ1v) is 10.5. The molecule has 2 aromatic heterocycles. The van der Waals surface area contributed by atoms with E-state index < -0.39 is 12.1 Å². The molecule has 0 bridgehead atoms. The van der Waals surface area contributed by atoms with Gasteiger partial charge in [-0.3, -0.25) is 0 Å². The lowest BCUT2D eigenvalue weighted by atomic mass is 10.2. The standard InChI is InChI=1S/C17H21N5OS.C2HF3O2/c1-12-19-15(11-24-12)10-21-7-8-22(17(23)20-14-4-5-14)9-13-3-2-6-18-16(13)21;3-2(4,5)1(6)7/h2-3,6,11,14H,4-5,7-10H2,1H3,(H,20,23);(H,6,7). The summed E-state index contributed by atoms with van der Waals surface area (Å²) in [6.45, 7) is 4.81. The van der Waals surface area contributed by atoms with E-state index in [1.54, 1.807) is 11.3 Å². The first-order valence-electron chi connectivity index (χ1n) is 9.59. The summed E-state index contributed by atoms with van der Waals surface area (Å²) < 4.78 is 31.7. The van der Waals surface area contributed by atoms with Gasteiger partial charge in [-0.05, 0) is 25.8 Å². The number of halogens is 3. The number of anilines is 1. The molecule has 3 heterocycles. The minimum absolute atomic E-state index is 0.0404. The molecule has 2 N–H and O–H groups in total. The highest BCUT2D eigenvalue weighted by molar-refractivity contribution is 7.09. The number of alkyl halides is 3. The highest BCUT2D eigenvalue weighted by atomic mass is 32.1. The predicted octanol–water partition coefficient (Wildman–Crippen LogP) is 3.17. The Morgan fingerprint density at radius 1 is 1.32 bits per heavy atom. The number of rotatable bonds is 3. The van der Waals surface area contributed by atoms with Crippen LogP contribution in [-0.2, 0) is 17.9 Å². The number of thiazole rings is 1. The number of hydrogen-bond donors (Lipinski definition) is 2. The van der Waals surface area contributed by atoms with Gasteiger partial charge in [0.25, 0.3) is 0 Å². The molecule has 0 saturated heterocycles. The van der Waals surface area contributed by atoms with E-state index >= 15 is 0 Å². The topological polar surface area (TPSA) is 98.7 Å². The molecule has 2 amide bonds. The molecule has 8 nitrogen and oxygen atoms in total. The summed E-state index contributed by atoms with van der Waals surface area (Å²) in [6.07, 6.45) is -1.06. The van der Waals surface area contributed by atoms with Gasteiger partial charge >= 0.3 is 18.2 Å². The minimum Gasteiger partial charge on any atom is -0.475 e. The first kappa shape index (κ1) is 22.8. The molecular weight excluding hydrogens is 435 g/mol. The number of carbonyl (C=O) groups excluding carboxylic acids is 1. The number of aromatic nitrogens is 2. The van der Waals surface area contributed by atoms with Gasteiger partial charge in [0.1, 0.15) is 5.82 Å². The Kier molecular flexibility index (Phi) is 6.98. The van der Waals surface area contributed by atoms with Crippen LogP contribution in [0.25, 0.3) is 0 Å². The zero-order valence-corrected chi connectivity index (χ0v) is 17.5. The molecular formula is C19H22F3N5O3S. The summed E-state index contributed by atoms with van der Waals surface area (Å²) in [5.74, 6) is -1.79. The van der Waals surface area contributed by atoms with Crippen molar-refractivity contribution in [2.75, 3.05) is 18.0 Å². The number of amides is 2. The van der Waals surface area contributed by atoms with E-state index in [4.69, 9.17) is 9.90 Å². The molecule has 1 aliphatic carbocycles. The molecule has 1 saturated carbocycles. The largest absolute Gasteiger partial charge is 0.490 e. The molecule has 2 aliphatic rings. The van der Waals surface area contributed by atoms with E-state index in [1.165, 1.54) is 0 Å². The van der Waals surface area contributed by atoms with Crippen molar-refractivity contribution in [3.05, 3.63) is 40.0 Å². The molecule has 0 radical (unpaired) electrons. The van der Waals surface area contributed by atoms with Gasteiger partial charge in [0.05, 0.1) is 23.8 Å². The van der Waals surface area contributed by atoms with Gasteiger partial charge < -0.3 is 20.2 Å². The van der Waals surface area contributed by atoms with Gasteiger partial charge in [0.15, 0.2) is 0 Å². The third-order valence-corrected chi connectivity index (χ3v) is 5.44. The number of nitrogens with one attached hydrogen (secondary N) is 1. The van der Waals surface area contributed by atoms with Crippen LogP contribution in [0.2, 0.25) is 0 Å². The predicted molar refractivity (Wildman–Crippen MR) is 108 cm³/mol. The van der Waals surface area contributed by atoms with E-state index in [1.807, 2.05) is 24.1 Å². The number of aliphatic carboxylic acids is 1. The molecule has 2 aromatic rings. The highest BCUT2D eigenvalue weighted by Crippen LogP contribution is 2.25. The zero-order valence-electron chi connectivity index (χ0n) is 16.7. The number of fused-ring (bicyclic) bond motifs is 1. The van der Waals surface area contributed by atoms with Gasteiger partial charge in [0, 0.05) is 36.3 Å². The van der Waals surface area contributed by atoms with Crippen molar-refractivity contribution in [2.45, 2.75) is 45.1 Å². The zero-order chi connectivity index (χ0) is 22.6. The molecule has 0 unspecified atom stereocenters. The molecule has 4 rings (SSSR count). The smallest absolute Gasteiger partial charge is 0.475 e. The van der Waals surface area contributed by atoms with Crippen molar-refractivity contribution in [1.29, 1.82) is 0 Å². The first-order chi connectivity index (χ1) is 14.6. The van der Waals surface area contributed by atoms with Crippen LogP contribution >= 0.6 is 11.3 Å². The number of carboxylic acids is 1. The van der Waals surface area contributed by atoms with Crippen LogP contribution in [0.3, 0.4) is 0 Å². The SMILES string of the molecule is Cc1nc(CN2CCN(C(=O)NC3CC3)Cc3cccnc32)cs1.O=C(O)C(F)(F)F. The Labute approximate surface area is 180 Å². The van der Waals surface area contributed by atoms with Crippen LogP contribution in [0.5, 0.6) is 0 Å². The molecule has 31 heavy (non-hydrogen) atoms. The lowest BCUT2D eigenvalue weighted by Crippen LogP contribution is -2.42. The van der Waals surface area contributed by atoms with E-state index in [0.717, 1.165) is 48.0 Å². The van der Waals surface area contributed by atoms with Gasteiger partial charge in [-0.1, -0.05) is 6.07 Å². The monoisotopic (exact) mass is 457 g/mol. The quantitative estimate of drug-likeness (QED) is 0.735. The average molecular weight is 457 g/mol. The summed E-state index contributed by atoms with van der Waals surface area (Å²) in [5, 5.41) is 13.4. The normalized spacial score (nSPS) is 16.0. The maximum atomic E-state index is 12.4. The molecule has 1 fully saturated rings. The minimum atomic E-state index is -5.08. The Balaban J connectivity index is 0.000000339. The Morgan fingerprint density at radius 3 is 2.61 bits per heavy atom. The van der Waals surface area contributed by atoms with Crippen molar-refractivity contribution in [2.24, 2.45) is 0 Å². The van der Waals surface area contributed by atoms with Crippen molar-refractivity contribution in [1.82, 2.24) is 20.2 Å². The number of nitrogens with zero attached hydrogens (tertiary/aromatic N) is 4. The van der Waals surface area contributed by atoms with E-state index in [9.17, 15) is 18.0 Å². The number of urea groups is 1. The summed E-state index contributed by atoms with van der Waals surface area (Å²) in [7, 11) is 0. The fourth-order valence-corrected chi connectivity index (χ4v) is 3.57. The molecule has 1 aliphatic heterocycles. The maximum Gasteiger partial charge on any atom is 0.490 e. The van der Waals surface area contributed by atoms with Crippen LogP contribution in [-0.4, -0.2) is 57.3 Å².